The topological polar surface area (TPSA) is 84.7 Å². The van der Waals surface area contributed by atoms with Crippen molar-refractivity contribution in [2.24, 2.45) is 0 Å². The SMILES string of the molecule is CSc1cnn([C@@H]2O[C@H](COC(C)(C)C)[C@H]3OC(C)(C)O[C@H]32)c(=O)n1. The molecule has 3 heterocycles. The van der Waals surface area contributed by atoms with Crippen LogP contribution in [0.1, 0.15) is 40.8 Å². The molecule has 0 aromatic carbocycles. The van der Waals surface area contributed by atoms with Crippen LogP contribution in [0.5, 0.6) is 0 Å². The highest BCUT2D eigenvalue weighted by Gasteiger charge is 2.56. The second kappa shape index (κ2) is 6.62. The predicted molar refractivity (Wildman–Crippen MR) is 91.5 cm³/mol. The van der Waals surface area contributed by atoms with Gasteiger partial charge >= 0.3 is 5.69 Å². The summed E-state index contributed by atoms with van der Waals surface area (Å²) in [6, 6.07) is 0. The first kappa shape index (κ1) is 18.8. The normalized spacial score (nSPS) is 31.3. The molecule has 9 heteroatoms. The van der Waals surface area contributed by atoms with E-state index in [1.165, 1.54) is 16.4 Å². The van der Waals surface area contributed by atoms with Crippen molar-refractivity contribution in [2.45, 2.75) is 75.6 Å². The van der Waals surface area contributed by atoms with E-state index in [1.54, 1.807) is 6.20 Å². The Labute approximate surface area is 151 Å². The molecule has 0 radical (unpaired) electrons. The Morgan fingerprint density at radius 3 is 2.60 bits per heavy atom. The van der Waals surface area contributed by atoms with Gasteiger partial charge in [0.15, 0.2) is 12.0 Å². The van der Waals surface area contributed by atoms with Crippen LogP contribution in [-0.2, 0) is 18.9 Å². The average molecular weight is 371 g/mol. The number of hydrogen-bond donors (Lipinski definition) is 0. The van der Waals surface area contributed by atoms with Crippen LogP contribution in [-0.4, -0.2) is 57.3 Å². The van der Waals surface area contributed by atoms with Gasteiger partial charge in [0.2, 0.25) is 0 Å². The third kappa shape index (κ3) is 4.06. The summed E-state index contributed by atoms with van der Waals surface area (Å²) in [7, 11) is 0. The number of ether oxygens (including phenoxy) is 4. The second-order valence-corrected chi connectivity index (χ2v) is 8.41. The number of thioether (sulfide) groups is 1. The van der Waals surface area contributed by atoms with Crippen molar-refractivity contribution in [3.63, 3.8) is 0 Å². The highest BCUT2D eigenvalue weighted by molar-refractivity contribution is 7.98. The van der Waals surface area contributed by atoms with Gasteiger partial charge < -0.3 is 18.9 Å². The monoisotopic (exact) mass is 371 g/mol. The minimum atomic E-state index is -0.756. The molecular weight excluding hydrogens is 346 g/mol. The van der Waals surface area contributed by atoms with E-state index < -0.39 is 23.8 Å². The highest BCUT2D eigenvalue weighted by atomic mass is 32.2. The predicted octanol–water partition coefficient (Wildman–Crippen LogP) is 1.59. The molecule has 0 N–H and O–H groups in total. The molecule has 4 atom stereocenters. The number of rotatable bonds is 4. The smallest absolute Gasteiger partial charge is 0.367 e. The van der Waals surface area contributed by atoms with Crippen LogP contribution < -0.4 is 5.69 Å². The number of hydrogen-bond acceptors (Lipinski definition) is 8. The fraction of sp³-hybridized carbons (Fsp3) is 0.812. The van der Waals surface area contributed by atoms with Gasteiger partial charge in [0.1, 0.15) is 23.3 Å². The molecule has 0 unspecified atom stereocenters. The fourth-order valence-electron chi connectivity index (χ4n) is 2.93. The Balaban J connectivity index is 1.86. The van der Waals surface area contributed by atoms with Gasteiger partial charge in [-0.1, -0.05) is 0 Å². The lowest BCUT2D eigenvalue weighted by Gasteiger charge is -2.26. The van der Waals surface area contributed by atoms with E-state index in [0.717, 1.165) is 0 Å². The van der Waals surface area contributed by atoms with Crippen LogP contribution in [0.3, 0.4) is 0 Å². The van der Waals surface area contributed by atoms with Crippen molar-refractivity contribution in [1.29, 1.82) is 0 Å². The summed E-state index contributed by atoms with van der Waals surface area (Å²) in [5.74, 6) is -0.756. The van der Waals surface area contributed by atoms with Gasteiger partial charge in [-0.15, -0.1) is 11.8 Å². The summed E-state index contributed by atoms with van der Waals surface area (Å²) in [6.45, 7) is 9.95. The lowest BCUT2D eigenvalue weighted by molar-refractivity contribution is -0.207. The number of fused-ring (bicyclic) bond motifs is 1. The van der Waals surface area contributed by atoms with Crippen LogP contribution in [0.15, 0.2) is 16.0 Å². The van der Waals surface area contributed by atoms with E-state index in [0.29, 0.717) is 11.6 Å². The zero-order valence-corrected chi connectivity index (χ0v) is 16.2. The standard InChI is InChI=1S/C16H25N3O5S/c1-15(2,3)21-8-9-11-12(24-16(4,5)23-11)13(22-9)19-14(20)18-10(25-6)7-17-19/h7,9,11-13H,8H2,1-6H3/t9-,11-,12-,13-/m1/s1. The molecule has 3 rings (SSSR count). The lowest BCUT2D eigenvalue weighted by atomic mass is 10.1. The van der Waals surface area contributed by atoms with Crippen LogP contribution in [0.2, 0.25) is 0 Å². The van der Waals surface area contributed by atoms with Crippen molar-refractivity contribution in [2.75, 3.05) is 12.9 Å². The molecule has 0 saturated carbocycles. The van der Waals surface area contributed by atoms with Crippen molar-refractivity contribution in [3.05, 3.63) is 16.7 Å². The first-order valence-electron chi connectivity index (χ1n) is 8.24. The molecule has 8 nitrogen and oxygen atoms in total. The van der Waals surface area contributed by atoms with Gasteiger partial charge in [-0.05, 0) is 40.9 Å². The minimum Gasteiger partial charge on any atom is -0.373 e. The van der Waals surface area contributed by atoms with E-state index in [1.807, 2.05) is 40.9 Å². The van der Waals surface area contributed by atoms with Gasteiger partial charge in [-0.2, -0.15) is 14.8 Å². The van der Waals surface area contributed by atoms with Crippen molar-refractivity contribution < 1.29 is 18.9 Å². The summed E-state index contributed by atoms with van der Waals surface area (Å²) in [4.78, 5) is 16.3. The average Bonchev–Trinajstić information content (AvgIpc) is 2.98. The Hall–Kier alpha value is -1.00. The maximum atomic E-state index is 12.3. The molecule has 0 spiro atoms. The van der Waals surface area contributed by atoms with Gasteiger partial charge in [0.05, 0.1) is 18.4 Å². The third-order valence-corrected chi connectivity index (χ3v) is 4.57. The van der Waals surface area contributed by atoms with Gasteiger partial charge in [0, 0.05) is 0 Å². The Bertz CT molecular complexity index is 687. The zero-order chi connectivity index (χ0) is 18.4. The Morgan fingerprint density at radius 1 is 1.32 bits per heavy atom. The Morgan fingerprint density at radius 2 is 2.00 bits per heavy atom. The molecule has 1 aromatic heterocycles. The molecule has 25 heavy (non-hydrogen) atoms. The third-order valence-electron chi connectivity index (χ3n) is 3.95. The number of aromatic nitrogens is 3. The van der Waals surface area contributed by atoms with Gasteiger partial charge in [-0.25, -0.2) is 4.79 Å². The van der Waals surface area contributed by atoms with Crippen molar-refractivity contribution in [1.82, 2.24) is 14.8 Å². The molecular formula is C16H25N3O5S. The number of nitrogens with zero attached hydrogens (tertiary/aromatic N) is 3. The van der Waals surface area contributed by atoms with Gasteiger partial charge in [-0.3, -0.25) is 0 Å². The van der Waals surface area contributed by atoms with Crippen LogP contribution in [0.25, 0.3) is 0 Å². The molecule has 0 aliphatic carbocycles. The van der Waals surface area contributed by atoms with E-state index in [2.05, 4.69) is 10.1 Å². The summed E-state index contributed by atoms with van der Waals surface area (Å²) in [5.41, 5.74) is -0.774. The second-order valence-electron chi connectivity index (χ2n) is 7.58. The summed E-state index contributed by atoms with van der Waals surface area (Å²) < 4.78 is 25.1. The van der Waals surface area contributed by atoms with Crippen molar-refractivity contribution in [3.8, 4) is 0 Å². The molecule has 140 valence electrons. The lowest BCUT2D eigenvalue weighted by Crippen LogP contribution is -2.36. The largest absolute Gasteiger partial charge is 0.373 e. The van der Waals surface area contributed by atoms with E-state index in [4.69, 9.17) is 18.9 Å². The first-order chi connectivity index (χ1) is 11.6. The van der Waals surface area contributed by atoms with Gasteiger partial charge in [0.25, 0.3) is 0 Å². The highest BCUT2D eigenvalue weighted by Crippen LogP contribution is 2.42. The molecule has 0 amide bonds. The molecule has 0 bridgehead atoms. The minimum absolute atomic E-state index is 0.303. The molecule has 2 saturated heterocycles. The molecule has 2 aliphatic rings. The van der Waals surface area contributed by atoms with Crippen LogP contribution in [0.4, 0.5) is 0 Å². The maximum Gasteiger partial charge on any atom is 0.367 e. The quantitative estimate of drug-likeness (QED) is 0.738. The van der Waals surface area contributed by atoms with Crippen molar-refractivity contribution >= 4 is 11.8 Å². The molecule has 2 aliphatic heterocycles. The van der Waals surface area contributed by atoms with Crippen LogP contribution >= 0.6 is 11.8 Å². The Kier molecular flexibility index (Phi) is 4.97. The fourth-order valence-corrected chi connectivity index (χ4v) is 3.25. The van der Waals surface area contributed by atoms with E-state index in [-0.39, 0.29) is 17.8 Å². The summed E-state index contributed by atoms with van der Waals surface area (Å²) in [6.07, 6.45) is 1.55. The zero-order valence-electron chi connectivity index (χ0n) is 15.4. The summed E-state index contributed by atoms with van der Waals surface area (Å²) >= 11 is 1.36. The van der Waals surface area contributed by atoms with E-state index in [9.17, 15) is 4.79 Å². The molecule has 2 fully saturated rings. The van der Waals surface area contributed by atoms with Crippen LogP contribution in [0, 0.1) is 0 Å². The summed E-state index contributed by atoms with van der Waals surface area (Å²) in [5, 5.41) is 4.76. The first-order valence-corrected chi connectivity index (χ1v) is 9.47. The maximum absolute atomic E-state index is 12.3. The van der Waals surface area contributed by atoms with E-state index >= 15 is 0 Å². The molecule has 1 aromatic rings.